The molecule has 0 aliphatic carbocycles. The third kappa shape index (κ3) is 3.27. The van der Waals surface area contributed by atoms with Crippen molar-refractivity contribution in [1.82, 2.24) is 19.9 Å². The van der Waals surface area contributed by atoms with Crippen LogP contribution in [0.5, 0.6) is 0 Å². The van der Waals surface area contributed by atoms with Gasteiger partial charge in [0.25, 0.3) is 11.5 Å². The fourth-order valence-corrected chi connectivity index (χ4v) is 4.37. The fraction of sp³-hybridized carbons (Fsp3) is 0.409. The molecule has 0 saturated heterocycles. The second-order valence-corrected chi connectivity index (χ2v) is 8.58. The molecule has 0 saturated carbocycles. The number of carbonyl (C=O) groups is 1. The predicted octanol–water partition coefficient (Wildman–Crippen LogP) is 2.12. The van der Waals surface area contributed by atoms with E-state index in [0.29, 0.717) is 23.8 Å². The molecule has 0 atom stereocenters. The normalized spacial score (nSPS) is 15.1. The Kier molecular flexibility index (Phi) is 4.89. The highest BCUT2D eigenvalue weighted by atomic mass is 16.3. The lowest BCUT2D eigenvalue weighted by Crippen LogP contribution is -2.45. The molecule has 8 heteroatoms. The number of rotatable bonds is 5. The molecule has 4 rings (SSSR count). The van der Waals surface area contributed by atoms with Crippen molar-refractivity contribution in [3.63, 3.8) is 0 Å². The molecule has 1 aromatic carbocycles. The van der Waals surface area contributed by atoms with E-state index >= 15 is 0 Å². The Morgan fingerprint density at radius 2 is 2.10 bits per heavy atom. The first kappa shape index (κ1) is 20.2. The molecule has 0 unspecified atom stereocenters. The van der Waals surface area contributed by atoms with Gasteiger partial charge in [-0.25, -0.2) is 4.98 Å². The van der Waals surface area contributed by atoms with Crippen LogP contribution in [0.4, 0.5) is 5.95 Å². The van der Waals surface area contributed by atoms with Gasteiger partial charge in [0.2, 0.25) is 5.95 Å². The first-order valence-electron chi connectivity index (χ1n) is 10.1. The van der Waals surface area contributed by atoms with Gasteiger partial charge in [-0.3, -0.25) is 14.2 Å². The Morgan fingerprint density at radius 1 is 1.33 bits per heavy atom. The summed E-state index contributed by atoms with van der Waals surface area (Å²) in [4.78, 5) is 35.5. The van der Waals surface area contributed by atoms with Gasteiger partial charge < -0.3 is 20.3 Å². The van der Waals surface area contributed by atoms with Crippen molar-refractivity contribution in [2.75, 3.05) is 18.1 Å². The first-order valence-corrected chi connectivity index (χ1v) is 10.1. The summed E-state index contributed by atoms with van der Waals surface area (Å²) in [5.74, 6) is 0.413. The number of aliphatic hydroxyl groups is 1. The van der Waals surface area contributed by atoms with Gasteiger partial charge in [0.05, 0.1) is 24.4 Å². The summed E-state index contributed by atoms with van der Waals surface area (Å²) in [5.41, 5.74) is 2.40. The second-order valence-electron chi connectivity index (χ2n) is 8.58. The third-order valence-corrected chi connectivity index (χ3v) is 5.53. The SMILES string of the molecule is CC(C)N1c2nc(-c3c[nH]c4ccc(C(=O)NCCO)cc34)cc(=O)n2CC1(C)C. The highest BCUT2D eigenvalue weighted by molar-refractivity contribution is 6.02. The van der Waals surface area contributed by atoms with E-state index in [2.05, 4.69) is 42.9 Å². The van der Waals surface area contributed by atoms with E-state index in [-0.39, 0.29) is 36.2 Å². The van der Waals surface area contributed by atoms with Gasteiger partial charge in [0, 0.05) is 46.9 Å². The van der Waals surface area contributed by atoms with Gasteiger partial charge in [-0.1, -0.05) is 0 Å². The lowest BCUT2D eigenvalue weighted by atomic mass is 10.0. The number of anilines is 1. The highest BCUT2D eigenvalue weighted by Crippen LogP contribution is 2.35. The average Bonchev–Trinajstić information content (AvgIpc) is 3.22. The monoisotopic (exact) mass is 409 g/mol. The van der Waals surface area contributed by atoms with Crippen molar-refractivity contribution in [2.45, 2.75) is 45.8 Å². The molecule has 158 valence electrons. The summed E-state index contributed by atoms with van der Waals surface area (Å²) >= 11 is 0. The summed E-state index contributed by atoms with van der Waals surface area (Å²) in [7, 11) is 0. The second kappa shape index (κ2) is 7.28. The Labute approximate surface area is 174 Å². The number of aromatic nitrogens is 3. The molecule has 1 aliphatic rings. The van der Waals surface area contributed by atoms with Crippen LogP contribution < -0.4 is 15.8 Å². The van der Waals surface area contributed by atoms with Crippen LogP contribution in [0.15, 0.2) is 35.3 Å². The fourth-order valence-electron chi connectivity index (χ4n) is 4.37. The van der Waals surface area contributed by atoms with Crippen molar-refractivity contribution in [1.29, 1.82) is 0 Å². The average molecular weight is 409 g/mol. The minimum absolute atomic E-state index is 0.0857. The number of benzene rings is 1. The lowest BCUT2D eigenvalue weighted by Gasteiger charge is -2.35. The molecule has 0 radical (unpaired) electrons. The molecule has 2 aromatic heterocycles. The summed E-state index contributed by atoms with van der Waals surface area (Å²) < 4.78 is 1.73. The van der Waals surface area contributed by atoms with Gasteiger partial charge >= 0.3 is 0 Å². The summed E-state index contributed by atoms with van der Waals surface area (Å²) in [5, 5.41) is 12.4. The van der Waals surface area contributed by atoms with Crippen molar-refractivity contribution < 1.29 is 9.90 Å². The summed E-state index contributed by atoms with van der Waals surface area (Å²) in [6.07, 6.45) is 1.82. The van der Waals surface area contributed by atoms with E-state index in [1.807, 2.05) is 12.3 Å². The Bertz CT molecular complexity index is 1180. The molecular weight excluding hydrogens is 382 g/mol. The molecule has 8 nitrogen and oxygen atoms in total. The number of hydrogen-bond donors (Lipinski definition) is 3. The zero-order chi connectivity index (χ0) is 21.6. The van der Waals surface area contributed by atoms with Crippen LogP contribution in [-0.2, 0) is 6.54 Å². The Morgan fingerprint density at radius 3 is 2.80 bits per heavy atom. The van der Waals surface area contributed by atoms with E-state index in [1.165, 1.54) is 0 Å². The van der Waals surface area contributed by atoms with Crippen molar-refractivity contribution in [3.8, 4) is 11.3 Å². The van der Waals surface area contributed by atoms with Crippen LogP contribution in [0.3, 0.4) is 0 Å². The molecule has 3 aromatic rings. The maximum absolute atomic E-state index is 12.9. The van der Waals surface area contributed by atoms with Crippen LogP contribution in [0.2, 0.25) is 0 Å². The van der Waals surface area contributed by atoms with Gasteiger partial charge in [-0.2, -0.15) is 0 Å². The largest absolute Gasteiger partial charge is 0.395 e. The smallest absolute Gasteiger partial charge is 0.255 e. The first-order chi connectivity index (χ1) is 14.2. The van der Waals surface area contributed by atoms with Crippen LogP contribution in [0, 0.1) is 0 Å². The number of nitrogens with zero attached hydrogens (tertiary/aromatic N) is 3. The van der Waals surface area contributed by atoms with E-state index < -0.39 is 0 Å². The molecule has 3 N–H and O–H groups in total. The molecule has 0 bridgehead atoms. The van der Waals surface area contributed by atoms with Crippen LogP contribution in [-0.4, -0.2) is 50.3 Å². The quantitative estimate of drug-likeness (QED) is 0.599. The van der Waals surface area contributed by atoms with E-state index in [9.17, 15) is 9.59 Å². The molecule has 1 aliphatic heterocycles. The Balaban J connectivity index is 1.82. The molecule has 30 heavy (non-hydrogen) atoms. The number of hydrogen-bond acceptors (Lipinski definition) is 5. The number of amides is 1. The van der Waals surface area contributed by atoms with E-state index in [4.69, 9.17) is 10.1 Å². The Hall–Kier alpha value is -3.13. The lowest BCUT2D eigenvalue weighted by molar-refractivity contribution is 0.0945. The topological polar surface area (TPSA) is 103 Å². The van der Waals surface area contributed by atoms with E-state index in [0.717, 1.165) is 16.5 Å². The summed E-state index contributed by atoms with van der Waals surface area (Å²) in [6.45, 7) is 9.09. The molecule has 1 amide bonds. The molecule has 0 spiro atoms. The van der Waals surface area contributed by atoms with Crippen LogP contribution in [0.25, 0.3) is 22.2 Å². The number of carbonyl (C=O) groups excluding carboxylic acids is 1. The minimum atomic E-state index is -0.257. The third-order valence-electron chi connectivity index (χ3n) is 5.53. The number of fused-ring (bicyclic) bond motifs is 2. The van der Waals surface area contributed by atoms with E-state index in [1.54, 1.807) is 22.8 Å². The van der Waals surface area contributed by atoms with Crippen molar-refractivity contribution in [3.05, 3.63) is 46.4 Å². The molecular formula is C22H27N5O3. The number of aliphatic hydroxyl groups excluding tert-OH is 1. The minimum Gasteiger partial charge on any atom is -0.395 e. The standard InChI is InChI=1S/C22H27N5O3/c1-13(2)27-21-25-18(10-19(29)26(21)12-22(27,3)4)16-11-24-17-6-5-14(9-15(16)17)20(30)23-7-8-28/h5-6,9-11,13,24,28H,7-8,12H2,1-4H3,(H,23,30). The van der Waals surface area contributed by atoms with Gasteiger partial charge in [0.1, 0.15) is 0 Å². The maximum Gasteiger partial charge on any atom is 0.255 e. The van der Waals surface area contributed by atoms with Gasteiger partial charge in [-0.15, -0.1) is 0 Å². The number of H-pyrrole nitrogens is 1. The highest BCUT2D eigenvalue weighted by Gasteiger charge is 2.39. The van der Waals surface area contributed by atoms with Crippen molar-refractivity contribution >= 4 is 22.8 Å². The van der Waals surface area contributed by atoms with Gasteiger partial charge in [0.15, 0.2) is 0 Å². The maximum atomic E-state index is 12.9. The predicted molar refractivity (Wildman–Crippen MR) is 117 cm³/mol. The van der Waals surface area contributed by atoms with Crippen LogP contribution in [0.1, 0.15) is 38.1 Å². The van der Waals surface area contributed by atoms with Crippen molar-refractivity contribution in [2.24, 2.45) is 0 Å². The molecule has 3 heterocycles. The number of aromatic amines is 1. The van der Waals surface area contributed by atoms with Crippen LogP contribution >= 0.6 is 0 Å². The summed E-state index contributed by atoms with van der Waals surface area (Å²) in [6, 6.07) is 7.09. The molecule has 0 fully saturated rings. The van der Waals surface area contributed by atoms with Gasteiger partial charge in [-0.05, 0) is 45.9 Å². The zero-order valence-corrected chi connectivity index (χ0v) is 17.7. The number of nitrogens with one attached hydrogen (secondary N) is 2. The zero-order valence-electron chi connectivity index (χ0n) is 17.7.